The predicted octanol–water partition coefficient (Wildman–Crippen LogP) is 2.87. The van der Waals surface area contributed by atoms with Crippen molar-refractivity contribution in [1.82, 2.24) is 10.6 Å². The standard InChI is InChI=1S/C19H24N4O3/c1-26-13-5-12-20-19(21-14-16-6-3-2-4-7-16)22-15-17-8-10-18(11-9-17)23(24)25/h2-4,6-11H,5,12-15H2,1H3,(H2,20,21,22). The van der Waals surface area contributed by atoms with Crippen LogP contribution >= 0.6 is 0 Å². The van der Waals surface area contributed by atoms with Crippen LogP contribution in [0, 0.1) is 10.1 Å². The van der Waals surface area contributed by atoms with Crippen molar-refractivity contribution in [2.45, 2.75) is 19.5 Å². The van der Waals surface area contributed by atoms with Crippen molar-refractivity contribution in [3.8, 4) is 0 Å². The van der Waals surface area contributed by atoms with Gasteiger partial charge in [0.05, 0.1) is 11.5 Å². The van der Waals surface area contributed by atoms with Gasteiger partial charge >= 0.3 is 0 Å². The molecule has 0 bridgehead atoms. The van der Waals surface area contributed by atoms with Crippen molar-refractivity contribution in [1.29, 1.82) is 0 Å². The molecule has 0 spiro atoms. The summed E-state index contributed by atoms with van der Waals surface area (Å²) < 4.78 is 5.06. The van der Waals surface area contributed by atoms with Gasteiger partial charge in [0.25, 0.3) is 5.69 Å². The summed E-state index contributed by atoms with van der Waals surface area (Å²) in [7, 11) is 1.68. The first kappa shape index (κ1) is 19.4. The summed E-state index contributed by atoms with van der Waals surface area (Å²) in [5.41, 5.74) is 2.16. The predicted molar refractivity (Wildman–Crippen MR) is 102 cm³/mol. The van der Waals surface area contributed by atoms with Crippen LogP contribution in [0.25, 0.3) is 0 Å². The first-order valence-corrected chi connectivity index (χ1v) is 8.47. The average Bonchev–Trinajstić information content (AvgIpc) is 2.67. The molecule has 2 aromatic rings. The number of methoxy groups -OCH3 is 1. The third-order valence-electron chi connectivity index (χ3n) is 3.69. The quantitative estimate of drug-likeness (QED) is 0.237. The van der Waals surface area contributed by atoms with E-state index in [9.17, 15) is 10.1 Å². The molecule has 0 heterocycles. The number of non-ortho nitro benzene ring substituents is 1. The molecule has 0 amide bonds. The number of aliphatic imine (C=N–C) groups is 1. The van der Waals surface area contributed by atoms with Crippen LogP contribution < -0.4 is 10.6 Å². The Morgan fingerprint density at radius 1 is 1.08 bits per heavy atom. The molecule has 0 aliphatic rings. The van der Waals surface area contributed by atoms with E-state index in [1.165, 1.54) is 12.1 Å². The minimum atomic E-state index is -0.401. The Labute approximate surface area is 153 Å². The number of nitrogens with one attached hydrogen (secondary N) is 2. The molecule has 0 aromatic heterocycles. The number of hydrogen-bond acceptors (Lipinski definition) is 4. The van der Waals surface area contributed by atoms with Crippen LogP contribution in [0.5, 0.6) is 0 Å². The van der Waals surface area contributed by atoms with Crippen LogP contribution in [0.3, 0.4) is 0 Å². The molecule has 7 nitrogen and oxygen atoms in total. The Morgan fingerprint density at radius 3 is 2.46 bits per heavy atom. The zero-order valence-electron chi connectivity index (χ0n) is 14.9. The van der Waals surface area contributed by atoms with E-state index in [-0.39, 0.29) is 5.69 Å². The van der Waals surface area contributed by atoms with Gasteiger partial charge in [-0.05, 0) is 17.5 Å². The molecule has 0 aliphatic heterocycles. The van der Waals surface area contributed by atoms with Gasteiger partial charge in [0.1, 0.15) is 0 Å². The van der Waals surface area contributed by atoms with Crippen molar-refractivity contribution in [3.05, 3.63) is 75.8 Å². The second kappa shape index (κ2) is 10.8. The fourth-order valence-corrected chi connectivity index (χ4v) is 2.27. The lowest BCUT2D eigenvalue weighted by molar-refractivity contribution is -0.384. The highest BCUT2D eigenvalue weighted by molar-refractivity contribution is 5.79. The summed E-state index contributed by atoms with van der Waals surface area (Å²) in [5.74, 6) is 0.698. The van der Waals surface area contributed by atoms with Crippen molar-refractivity contribution >= 4 is 11.6 Å². The molecule has 0 unspecified atom stereocenters. The monoisotopic (exact) mass is 356 g/mol. The third kappa shape index (κ3) is 6.90. The third-order valence-corrected chi connectivity index (χ3v) is 3.69. The lowest BCUT2D eigenvalue weighted by Crippen LogP contribution is -2.37. The fourth-order valence-electron chi connectivity index (χ4n) is 2.27. The first-order chi connectivity index (χ1) is 12.7. The zero-order valence-corrected chi connectivity index (χ0v) is 14.9. The average molecular weight is 356 g/mol. The smallest absolute Gasteiger partial charge is 0.269 e. The zero-order chi connectivity index (χ0) is 18.6. The molecule has 0 atom stereocenters. The number of benzene rings is 2. The molecule has 26 heavy (non-hydrogen) atoms. The maximum atomic E-state index is 10.7. The Bertz CT molecular complexity index is 702. The molecule has 0 fully saturated rings. The number of nitro benzene ring substituents is 1. The van der Waals surface area contributed by atoms with E-state index >= 15 is 0 Å². The van der Waals surface area contributed by atoms with Gasteiger partial charge in [0, 0.05) is 38.9 Å². The Balaban J connectivity index is 1.94. The van der Waals surface area contributed by atoms with Crippen LogP contribution in [0.15, 0.2) is 59.6 Å². The van der Waals surface area contributed by atoms with E-state index in [2.05, 4.69) is 15.6 Å². The van der Waals surface area contributed by atoms with Crippen molar-refractivity contribution in [3.63, 3.8) is 0 Å². The molecule has 2 aromatic carbocycles. The second-order valence-electron chi connectivity index (χ2n) is 5.70. The highest BCUT2D eigenvalue weighted by atomic mass is 16.6. The summed E-state index contributed by atoms with van der Waals surface area (Å²) in [6, 6.07) is 16.5. The number of nitrogens with zero attached hydrogens (tertiary/aromatic N) is 2. The molecule has 138 valence electrons. The molecular formula is C19H24N4O3. The van der Waals surface area contributed by atoms with Gasteiger partial charge in [-0.25, -0.2) is 4.99 Å². The number of nitro groups is 1. The van der Waals surface area contributed by atoms with Gasteiger partial charge in [0.2, 0.25) is 0 Å². The Morgan fingerprint density at radius 2 is 1.81 bits per heavy atom. The van der Waals surface area contributed by atoms with Crippen LogP contribution in [0.2, 0.25) is 0 Å². The summed E-state index contributed by atoms with van der Waals surface area (Å²) in [5, 5.41) is 17.3. The number of hydrogen-bond donors (Lipinski definition) is 2. The highest BCUT2D eigenvalue weighted by Crippen LogP contribution is 2.11. The van der Waals surface area contributed by atoms with Gasteiger partial charge in [-0.1, -0.05) is 42.5 Å². The molecule has 0 aliphatic carbocycles. The molecule has 2 N–H and O–H groups in total. The lowest BCUT2D eigenvalue weighted by atomic mass is 10.2. The molecule has 7 heteroatoms. The minimum Gasteiger partial charge on any atom is -0.385 e. The maximum absolute atomic E-state index is 10.7. The van der Waals surface area contributed by atoms with E-state index < -0.39 is 4.92 Å². The first-order valence-electron chi connectivity index (χ1n) is 8.47. The van der Waals surface area contributed by atoms with Crippen molar-refractivity contribution in [2.24, 2.45) is 4.99 Å². The number of guanidine groups is 1. The molecule has 0 saturated heterocycles. The highest BCUT2D eigenvalue weighted by Gasteiger charge is 2.05. The number of rotatable bonds is 9. The van der Waals surface area contributed by atoms with Crippen LogP contribution in [0.4, 0.5) is 5.69 Å². The van der Waals surface area contributed by atoms with Crippen LogP contribution in [-0.2, 0) is 17.8 Å². The Kier molecular flexibility index (Phi) is 8.08. The molecular weight excluding hydrogens is 332 g/mol. The number of ether oxygens (including phenoxy) is 1. The van der Waals surface area contributed by atoms with Gasteiger partial charge in [-0.3, -0.25) is 10.1 Å². The second-order valence-corrected chi connectivity index (χ2v) is 5.70. The van der Waals surface area contributed by atoms with E-state index in [1.807, 2.05) is 30.3 Å². The van der Waals surface area contributed by atoms with Gasteiger partial charge in [-0.15, -0.1) is 0 Å². The summed E-state index contributed by atoms with van der Waals surface area (Å²) in [4.78, 5) is 14.9. The van der Waals surface area contributed by atoms with Gasteiger partial charge in [0.15, 0.2) is 5.96 Å². The largest absolute Gasteiger partial charge is 0.385 e. The molecule has 0 radical (unpaired) electrons. The SMILES string of the molecule is COCCCNC(=NCc1ccccc1)NCc1ccc([N+](=O)[O-])cc1. The molecule has 0 saturated carbocycles. The lowest BCUT2D eigenvalue weighted by Gasteiger charge is -2.13. The summed E-state index contributed by atoms with van der Waals surface area (Å²) in [6.45, 7) is 2.53. The normalized spacial score (nSPS) is 11.2. The van der Waals surface area contributed by atoms with E-state index in [1.54, 1.807) is 19.2 Å². The van der Waals surface area contributed by atoms with Crippen molar-refractivity contribution < 1.29 is 9.66 Å². The minimum absolute atomic E-state index is 0.0874. The van der Waals surface area contributed by atoms with Gasteiger partial charge in [-0.2, -0.15) is 0 Å². The van der Waals surface area contributed by atoms with Crippen molar-refractivity contribution in [2.75, 3.05) is 20.3 Å². The summed E-state index contributed by atoms with van der Waals surface area (Å²) in [6.07, 6.45) is 0.875. The van der Waals surface area contributed by atoms with Crippen LogP contribution in [0.1, 0.15) is 17.5 Å². The van der Waals surface area contributed by atoms with E-state index in [4.69, 9.17) is 4.74 Å². The van der Waals surface area contributed by atoms with Crippen LogP contribution in [-0.4, -0.2) is 31.1 Å². The topological polar surface area (TPSA) is 88.8 Å². The van der Waals surface area contributed by atoms with Gasteiger partial charge < -0.3 is 15.4 Å². The van der Waals surface area contributed by atoms with E-state index in [0.29, 0.717) is 25.7 Å². The fraction of sp³-hybridized carbons (Fsp3) is 0.316. The molecule has 2 rings (SSSR count). The van der Waals surface area contributed by atoms with E-state index in [0.717, 1.165) is 24.1 Å². The maximum Gasteiger partial charge on any atom is 0.269 e. The Hall–Kier alpha value is -2.93. The summed E-state index contributed by atoms with van der Waals surface area (Å²) >= 11 is 0.